The molecule has 152 valence electrons. The van der Waals surface area contributed by atoms with Crippen LogP contribution in [0.5, 0.6) is 0 Å². The van der Waals surface area contributed by atoms with Crippen LogP contribution in [-0.4, -0.2) is 49.6 Å². The second-order valence-corrected chi connectivity index (χ2v) is 7.44. The lowest BCUT2D eigenvalue weighted by Crippen LogP contribution is -3.29. The highest BCUT2D eigenvalue weighted by Gasteiger charge is 2.30. The Kier molecular flexibility index (Phi) is 7.10. The van der Waals surface area contributed by atoms with E-state index in [4.69, 9.17) is 0 Å². The van der Waals surface area contributed by atoms with Crippen molar-refractivity contribution < 1.29 is 19.5 Å². The van der Waals surface area contributed by atoms with Gasteiger partial charge in [0.15, 0.2) is 6.04 Å². The molecule has 7 nitrogen and oxygen atoms in total. The summed E-state index contributed by atoms with van der Waals surface area (Å²) in [6.45, 7) is 6.89. The van der Waals surface area contributed by atoms with E-state index >= 15 is 0 Å². The Balaban J connectivity index is 1.44. The summed E-state index contributed by atoms with van der Waals surface area (Å²) in [6.07, 6.45) is 4.38. The summed E-state index contributed by atoms with van der Waals surface area (Å²) in [5.74, 6) is -0.0544. The van der Waals surface area contributed by atoms with Gasteiger partial charge in [0.05, 0.1) is 11.5 Å². The molecule has 2 aromatic carbocycles. The molecule has 1 amide bonds. The first-order valence-corrected chi connectivity index (χ1v) is 9.98. The van der Waals surface area contributed by atoms with Crippen LogP contribution in [0, 0.1) is 10.1 Å². The van der Waals surface area contributed by atoms with Gasteiger partial charge >= 0.3 is 0 Å². The Morgan fingerprint density at radius 3 is 2.38 bits per heavy atom. The van der Waals surface area contributed by atoms with E-state index < -0.39 is 4.92 Å². The summed E-state index contributed by atoms with van der Waals surface area (Å²) in [5.41, 5.74) is 1.82. The molecule has 1 saturated heterocycles. The number of piperazine rings is 1. The van der Waals surface area contributed by atoms with Gasteiger partial charge < -0.3 is 15.1 Å². The molecule has 1 aliphatic rings. The van der Waals surface area contributed by atoms with Crippen LogP contribution in [0.15, 0.2) is 60.7 Å². The first kappa shape index (κ1) is 20.7. The van der Waals surface area contributed by atoms with E-state index in [1.807, 2.05) is 25.1 Å². The van der Waals surface area contributed by atoms with Crippen molar-refractivity contribution in [3.63, 3.8) is 0 Å². The quantitative estimate of drug-likeness (QED) is 0.469. The highest BCUT2D eigenvalue weighted by molar-refractivity contribution is 5.93. The van der Waals surface area contributed by atoms with Gasteiger partial charge in [0.2, 0.25) is 0 Å². The monoisotopic (exact) mass is 396 g/mol. The third-order valence-electron chi connectivity index (χ3n) is 5.47. The Bertz CT molecular complexity index is 844. The van der Waals surface area contributed by atoms with Crippen LogP contribution in [0.4, 0.5) is 11.4 Å². The lowest BCUT2D eigenvalue weighted by atomic mass is 10.2. The van der Waals surface area contributed by atoms with Gasteiger partial charge in [-0.15, -0.1) is 0 Å². The van der Waals surface area contributed by atoms with Crippen LogP contribution >= 0.6 is 0 Å². The van der Waals surface area contributed by atoms with Crippen LogP contribution < -0.4 is 15.1 Å². The van der Waals surface area contributed by atoms with Crippen molar-refractivity contribution in [2.45, 2.75) is 13.0 Å². The van der Waals surface area contributed by atoms with Crippen LogP contribution in [0.2, 0.25) is 0 Å². The number of amides is 1. The zero-order chi connectivity index (χ0) is 20.6. The number of nitrogens with zero attached hydrogens (tertiary/aromatic N) is 1. The van der Waals surface area contributed by atoms with E-state index in [-0.39, 0.29) is 17.6 Å². The number of nitrogens with one attached hydrogen (secondary N) is 3. The van der Waals surface area contributed by atoms with Crippen molar-refractivity contribution in [2.24, 2.45) is 0 Å². The van der Waals surface area contributed by atoms with Crippen LogP contribution in [0.1, 0.15) is 12.5 Å². The molecule has 1 fully saturated rings. The van der Waals surface area contributed by atoms with Crippen molar-refractivity contribution in [1.29, 1.82) is 0 Å². The molecular weight excluding hydrogens is 368 g/mol. The number of carbonyl (C=O) groups is 1. The largest absolute Gasteiger partial charge is 0.322 e. The van der Waals surface area contributed by atoms with Crippen molar-refractivity contribution in [2.75, 3.05) is 38.0 Å². The van der Waals surface area contributed by atoms with Crippen LogP contribution in [0.25, 0.3) is 6.08 Å². The molecule has 1 aliphatic heterocycles. The number of benzene rings is 2. The van der Waals surface area contributed by atoms with E-state index in [1.54, 1.807) is 12.1 Å². The summed E-state index contributed by atoms with van der Waals surface area (Å²) in [4.78, 5) is 25.6. The number of quaternary nitrogens is 2. The van der Waals surface area contributed by atoms with E-state index in [0.717, 1.165) is 32.7 Å². The normalized spacial score (nSPS) is 20.3. The van der Waals surface area contributed by atoms with Gasteiger partial charge in [-0.25, -0.2) is 0 Å². The molecule has 0 radical (unpaired) electrons. The fourth-order valence-corrected chi connectivity index (χ4v) is 3.59. The molecule has 3 N–H and O–H groups in total. The number of hydrogen-bond donors (Lipinski definition) is 3. The highest BCUT2D eigenvalue weighted by atomic mass is 16.6. The fraction of sp³-hybridized carbons (Fsp3) is 0.318. The van der Waals surface area contributed by atoms with Gasteiger partial charge in [-0.05, 0) is 30.7 Å². The summed E-state index contributed by atoms with van der Waals surface area (Å²) in [7, 11) is 0. The minimum atomic E-state index is -0.449. The third-order valence-corrected chi connectivity index (χ3v) is 5.47. The molecule has 1 heterocycles. The number of nitro benzene ring substituents is 1. The molecule has 0 aliphatic carbocycles. The van der Waals surface area contributed by atoms with E-state index in [2.05, 4.69) is 29.6 Å². The maximum Gasteiger partial charge on any atom is 0.282 e. The summed E-state index contributed by atoms with van der Waals surface area (Å²) in [5, 5.41) is 13.6. The van der Waals surface area contributed by atoms with Gasteiger partial charge in [0.25, 0.3) is 11.6 Å². The van der Waals surface area contributed by atoms with Gasteiger partial charge in [-0.1, -0.05) is 36.4 Å². The van der Waals surface area contributed by atoms with Crippen molar-refractivity contribution in [3.05, 3.63) is 76.4 Å². The maximum atomic E-state index is 12.6. The number of nitro groups is 1. The molecule has 7 heteroatoms. The Morgan fingerprint density at radius 2 is 1.76 bits per heavy atom. The molecule has 3 rings (SSSR count). The number of non-ortho nitro benzene ring substituents is 1. The molecule has 29 heavy (non-hydrogen) atoms. The average molecular weight is 396 g/mol. The molecule has 1 atom stereocenters. The van der Waals surface area contributed by atoms with Crippen molar-refractivity contribution >= 4 is 23.4 Å². The molecule has 0 saturated carbocycles. The first-order valence-electron chi connectivity index (χ1n) is 9.98. The molecule has 0 spiro atoms. The molecule has 0 unspecified atom stereocenters. The Labute approximate surface area is 170 Å². The first-order chi connectivity index (χ1) is 14.0. The molecule has 0 aromatic heterocycles. The standard InChI is InChI=1S/C22H26N4O3/c1-18(22(27)23-20-9-11-21(12-10-20)26(28)29)25-16-14-24(15-17-25)13-5-8-19-6-3-2-4-7-19/h2-12,18H,13-17H2,1H3,(H,23,27)/p+2/b8-5+/t18-/m1/s1. The molecular formula is C22H28N4O3+2. The second-order valence-electron chi connectivity index (χ2n) is 7.44. The SMILES string of the molecule is C[C@H](C(=O)Nc1ccc([N+](=O)[O-])cc1)[NH+]1CC[NH+](C/C=C/c2ccccc2)CC1. The minimum Gasteiger partial charge on any atom is -0.322 e. The zero-order valence-corrected chi connectivity index (χ0v) is 16.6. The Morgan fingerprint density at radius 1 is 1.10 bits per heavy atom. The number of rotatable bonds is 7. The third kappa shape index (κ3) is 5.97. The van der Waals surface area contributed by atoms with Crippen LogP contribution in [0.3, 0.4) is 0 Å². The van der Waals surface area contributed by atoms with Gasteiger partial charge in [-0.2, -0.15) is 0 Å². The van der Waals surface area contributed by atoms with Gasteiger partial charge in [0.1, 0.15) is 26.2 Å². The van der Waals surface area contributed by atoms with E-state index in [9.17, 15) is 14.9 Å². The highest BCUT2D eigenvalue weighted by Crippen LogP contribution is 2.15. The van der Waals surface area contributed by atoms with E-state index in [0.29, 0.717) is 5.69 Å². The number of anilines is 1. The fourth-order valence-electron chi connectivity index (χ4n) is 3.59. The lowest BCUT2D eigenvalue weighted by molar-refractivity contribution is -1.02. The van der Waals surface area contributed by atoms with Crippen molar-refractivity contribution in [3.8, 4) is 0 Å². The minimum absolute atomic E-state index is 0.0158. The maximum absolute atomic E-state index is 12.6. The average Bonchev–Trinajstić information content (AvgIpc) is 2.75. The van der Waals surface area contributed by atoms with Crippen molar-refractivity contribution in [1.82, 2.24) is 0 Å². The predicted molar refractivity (Wildman–Crippen MR) is 113 cm³/mol. The second kappa shape index (κ2) is 9.95. The number of carbonyl (C=O) groups excluding carboxylic acids is 1. The molecule has 0 bridgehead atoms. The summed E-state index contributed by atoms with van der Waals surface area (Å²) < 4.78 is 0. The van der Waals surface area contributed by atoms with Crippen LogP contribution in [-0.2, 0) is 4.79 Å². The van der Waals surface area contributed by atoms with Gasteiger partial charge in [-0.3, -0.25) is 14.9 Å². The zero-order valence-electron chi connectivity index (χ0n) is 16.6. The number of hydrogen-bond acceptors (Lipinski definition) is 3. The molecule has 2 aromatic rings. The lowest BCUT2D eigenvalue weighted by Gasteiger charge is -2.32. The van der Waals surface area contributed by atoms with E-state index in [1.165, 1.54) is 27.5 Å². The topological polar surface area (TPSA) is 81.1 Å². The predicted octanol–water partition coefficient (Wildman–Crippen LogP) is 0.419. The Hall–Kier alpha value is -3.03. The van der Waals surface area contributed by atoms with Gasteiger partial charge in [0, 0.05) is 17.8 Å². The smallest absolute Gasteiger partial charge is 0.282 e. The summed E-state index contributed by atoms with van der Waals surface area (Å²) >= 11 is 0. The summed E-state index contributed by atoms with van der Waals surface area (Å²) in [6, 6.07) is 16.1.